The second-order valence-electron chi connectivity index (χ2n) is 2.46. The second-order valence-corrected chi connectivity index (χ2v) is 2.86. The highest BCUT2D eigenvalue weighted by Crippen LogP contribution is 2.06. The maximum Gasteiger partial charge on any atom is 0.170 e. The maximum absolute atomic E-state index is 4.93. The van der Waals surface area contributed by atoms with Gasteiger partial charge in [-0.25, -0.2) is 0 Å². The molecule has 3 nitrogen and oxygen atoms in total. The van der Waals surface area contributed by atoms with Crippen molar-refractivity contribution in [2.45, 2.75) is 6.92 Å². The van der Waals surface area contributed by atoms with Crippen molar-refractivity contribution in [3.05, 3.63) is 24.0 Å². The van der Waals surface area contributed by atoms with Gasteiger partial charge in [-0.2, -0.15) is 0 Å². The van der Waals surface area contributed by atoms with E-state index >= 15 is 0 Å². The van der Waals surface area contributed by atoms with Gasteiger partial charge in [-0.05, 0) is 30.8 Å². The first-order chi connectivity index (χ1) is 5.72. The highest BCUT2D eigenvalue weighted by Gasteiger charge is 1.94. The summed E-state index contributed by atoms with van der Waals surface area (Å²) in [6.07, 6.45) is 3.53. The summed E-state index contributed by atoms with van der Waals surface area (Å²) < 4.78 is 0. The zero-order valence-electron chi connectivity index (χ0n) is 7.09. The zero-order valence-corrected chi connectivity index (χ0v) is 7.90. The molecule has 64 valence electrons. The molecule has 1 heterocycles. The molecule has 12 heavy (non-hydrogen) atoms. The summed E-state index contributed by atoms with van der Waals surface area (Å²) in [5.74, 6) is 0. The standard InChI is InChI=1S/C8H11N3S/c1-6-3-7(5-10-4-6)11-8(12)9-2/h3-5H,1-2H3,(H2,9,11,12). The van der Waals surface area contributed by atoms with Crippen LogP contribution in [0.2, 0.25) is 0 Å². The van der Waals surface area contributed by atoms with Gasteiger partial charge >= 0.3 is 0 Å². The fourth-order valence-electron chi connectivity index (χ4n) is 0.817. The third-order valence-electron chi connectivity index (χ3n) is 1.36. The van der Waals surface area contributed by atoms with Gasteiger partial charge in [0.1, 0.15) is 0 Å². The first-order valence-electron chi connectivity index (χ1n) is 3.63. The van der Waals surface area contributed by atoms with Crippen LogP contribution in [0.1, 0.15) is 5.56 Å². The molecule has 1 aromatic rings. The van der Waals surface area contributed by atoms with Gasteiger partial charge in [-0.3, -0.25) is 4.98 Å². The van der Waals surface area contributed by atoms with E-state index < -0.39 is 0 Å². The van der Waals surface area contributed by atoms with E-state index in [1.807, 2.05) is 13.0 Å². The van der Waals surface area contributed by atoms with E-state index in [1.165, 1.54) is 0 Å². The van der Waals surface area contributed by atoms with E-state index in [-0.39, 0.29) is 0 Å². The lowest BCUT2D eigenvalue weighted by Crippen LogP contribution is -2.24. The Kier molecular flexibility index (Phi) is 2.99. The van der Waals surface area contributed by atoms with Crippen LogP contribution < -0.4 is 10.6 Å². The molecule has 0 saturated carbocycles. The predicted molar refractivity (Wildman–Crippen MR) is 54.3 cm³/mol. The number of aromatic nitrogens is 1. The normalized spacial score (nSPS) is 9.17. The Bertz CT molecular complexity index is 285. The molecule has 2 N–H and O–H groups in total. The van der Waals surface area contributed by atoms with Gasteiger partial charge in [0, 0.05) is 13.2 Å². The Balaban J connectivity index is 2.69. The van der Waals surface area contributed by atoms with Crippen molar-refractivity contribution in [2.24, 2.45) is 0 Å². The van der Waals surface area contributed by atoms with E-state index in [1.54, 1.807) is 19.4 Å². The molecule has 0 unspecified atom stereocenters. The fourth-order valence-corrected chi connectivity index (χ4v) is 0.935. The van der Waals surface area contributed by atoms with Gasteiger partial charge in [0.15, 0.2) is 5.11 Å². The minimum atomic E-state index is 0.599. The Labute approximate surface area is 77.2 Å². The van der Waals surface area contributed by atoms with Crippen molar-refractivity contribution in [3.8, 4) is 0 Å². The van der Waals surface area contributed by atoms with E-state index in [9.17, 15) is 0 Å². The number of anilines is 1. The zero-order chi connectivity index (χ0) is 8.97. The maximum atomic E-state index is 4.93. The largest absolute Gasteiger partial charge is 0.366 e. The SMILES string of the molecule is CNC(=S)Nc1cncc(C)c1. The van der Waals surface area contributed by atoms with E-state index in [0.717, 1.165) is 11.3 Å². The van der Waals surface area contributed by atoms with Gasteiger partial charge < -0.3 is 10.6 Å². The van der Waals surface area contributed by atoms with Crippen LogP contribution in [0.3, 0.4) is 0 Å². The van der Waals surface area contributed by atoms with Crippen LogP contribution in [0.5, 0.6) is 0 Å². The molecule has 1 rings (SSSR count). The third-order valence-corrected chi connectivity index (χ3v) is 1.67. The molecule has 0 spiro atoms. The Morgan fingerprint density at radius 2 is 2.25 bits per heavy atom. The third kappa shape index (κ3) is 2.47. The average molecular weight is 181 g/mol. The van der Waals surface area contributed by atoms with Crippen LogP contribution in [-0.4, -0.2) is 17.1 Å². The molecule has 0 saturated heterocycles. The van der Waals surface area contributed by atoms with Crippen molar-refractivity contribution in [1.29, 1.82) is 0 Å². The molecule has 0 aromatic carbocycles. The predicted octanol–water partition coefficient (Wildman–Crippen LogP) is 1.31. The van der Waals surface area contributed by atoms with E-state index in [0.29, 0.717) is 5.11 Å². The average Bonchev–Trinajstić information content (AvgIpc) is 2.04. The molecular weight excluding hydrogens is 170 g/mol. The van der Waals surface area contributed by atoms with Crippen molar-refractivity contribution < 1.29 is 0 Å². The van der Waals surface area contributed by atoms with Crippen LogP contribution in [0.4, 0.5) is 5.69 Å². The molecule has 4 heteroatoms. The van der Waals surface area contributed by atoms with Crippen molar-refractivity contribution in [1.82, 2.24) is 10.3 Å². The number of nitrogens with one attached hydrogen (secondary N) is 2. The number of rotatable bonds is 1. The first kappa shape index (κ1) is 8.93. The first-order valence-corrected chi connectivity index (χ1v) is 4.03. The van der Waals surface area contributed by atoms with Crippen molar-refractivity contribution >= 4 is 23.0 Å². The molecule has 0 atom stereocenters. The van der Waals surface area contributed by atoms with Crippen LogP contribution in [0.25, 0.3) is 0 Å². The Hall–Kier alpha value is -1.16. The highest BCUT2D eigenvalue weighted by molar-refractivity contribution is 7.80. The quantitative estimate of drug-likeness (QED) is 0.640. The second kappa shape index (κ2) is 4.01. The van der Waals surface area contributed by atoms with Crippen LogP contribution >= 0.6 is 12.2 Å². The Morgan fingerprint density at radius 1 is 1.50 bits per heavy atom. The summed E-state index contributed by atoms with van der Waals surface area (Å²) in [4.78, 5) is 4.02. The monoisotopic (exact) mass is 181 g/mol. The summed E-state index contributed by atoms with van der Waals surface area (Å²) in [7, 11) is 1.78. The molecule has 0 fully saturated rings. The summed E-state index contributed by atoms with van der Waals surface area (Å²) in [6, 6.07) is 1.98. The molecule has 1 aromatic heterocycles. The molecule has 0 radical (unpaired) electrons. The molecule has 0 amide bonds. The molecular formula is C8H11N3S. The van der Waals surface area contributed by atoms with Gasteiger partial charge in [-0.1, -0.05) is 0 Å². The lowest BCUT2D eigenvalue weighted by molar-refractivity contribution is 1.19. The lowest BCUT2D eigenvalue weighted by atomic mass is 10.3. The summed E-state index contributed by atoms with van der Waals surface area (Å²) in [5.41, 5.74) is 2.02. The minimum absolute atomic E-state index is 0.599. The van der Waals surface area contributed by atoms with Crippen LogP contribution in [-0.2, 0) is 0 Å². The van der Waals surface area contributed by atoms with Gasteiger partial charge in [-0.15, -0.1) is 0 Å². The van der Waals surface area contributed by atoms with Crippen LogP contribution in [0, 0.1) is 6.92 Å². The molecule has 0 bridgehead atoms. The number of hydrogen-bond acceptors (Lipinski definition) is 2. The van der Waals surface area contributed by atoms with Crippen molar-refractivity contribution in [2.75, 3.05) is 12.4 Å². The van der Waals surface area contributed by atoms with Gasteiger partial charge in [0.05, 0.1) is 11.9 Å². The topological polar surface area (TPSA) is 37.0 Å². The summed E-state index contributed by atoms with van der Waals surface area (Å²) in [5, 5.41) is 6.42. The number of hydrogen-bond donors (Lipinski definition) is 2. The van der Waals surface area contributed by atoms with E-state index in [4.69, 9.17) is 12.2 Å². The Morgan fingerprint density at radius 3 is 2.83 bits per heavy atom. The fraction of sp³-hybridized carbons (Fsp3) is 0.250. The highest BCUT2D eigenvalue weighted by atomic mass is 32.1. The molecule has 0 aliphatic carbocycles. The van der Waals surface area contributed by atoms with Gasteiger partial charge in [0.25, 0.3) is 0 Å². The summed E-state index contributed by atoms with van der Waals surface area (Å²) >= 11 is 4.93. The number of thiocarbonyl (C=S) groups is 1. The summed E-state index contributed by atoms with van der Waals surface area (Å²) in [6.45, 7) is 1.99. The molecule has 0 aliphatic rings. The van der Waals surface area contributed by atoms with E-state index in [2.05, 4.69) is 15.6 Å². The minimum Gasteiger partial charge on any atom is -0.366 e. The number of pyridine rings is 1. The number of nitrogens with zero attached hydrogens (tertiary/aromatic N) is 1. The number of aryl methyl sites for hydroxylation is 1. The smallest absolute Gasteiger partial charge is 0.170 e. The van der Waals surface area contributed by atoms with Crippen LogP contribution in [0.15, 0.2) is 18.5 Å². The lowest BCUT2D eigenvalue weighted by Gasteiger charge is -2.06. The molecule has 0 aliphatic heterocycles. The van der Waals surface area contributed by atoms with Crippen molar-refractivity contribution in [3.63, 3.8) is 0 Å². The van der Waals surface area contributed by atoms with Gasteiger partial charge in [0.2, 0.25) is 0 Å².